The van der Waals surface area contributed by atoms with Crippen molar-refractivity contribution in [2.75, 3.05) is 40.9 Å². The molecule has 9 heteroatoms. The lowest BCUT2D eigenvalue weighted by Gasteiger charge is -2.26. The van der Waals surface area contributed by atoms with Crippen molar-refractivity contribution in [3.8, 4) is 0 Å². The number of nitrogens with one attached hydrogen (secondary N) is 1. The minimum absolute atomic E-state index is 0.0747. The van der Waals surface area contributed by atoms with Gasteiger partial charge in [-0.2, -0.15) is 0 Å². The third-order valence-corrected chi connectivity index (χ3v) is 13.9. The maximum atomic E-state index is 13.0. The highest BCUT2D eigenvalue weighted by molar-refractivity contribution is 7.47. The Labute approximate surface area is 410 Å². The lowest BCUT2D eigenvalue weighted by Crippen LogP contribution is -2.46. The molecule has 0 saturated carbocycles. The second kappa shape index (κ2) is 48.7. The quantitative estimate of drug-likeness (QED) is 0.0243. The Hall–Kier alpha value is -1.28. The van der Waals surface area contributed by atoms with Gasteiger partial charge in [-0.25, -0.2) is 4.57 Å². The molecule has 0 aromatic heterocycles. The zero-order valence-electron chi connectivity index (χ0n) is 44.4. The van der Waals surface area contributed by atoms with Crippen LogP contribution in [0.5, 0.6) is 0 Å². The molecule has 3 N–H and O–H groups in total. The van der Waals surface area contributed by atoms with E-state index >= 15 is 0 Å². The summed E-state index contributed by atoms with van der Waals surface area (Å²) in [5.41, 5.74) is 0. The molecule has 0 aliphatic carbocycles. The summed E-state index contributed by atoms with van der Waals surface area (Å²) in [4.78, 5) is 23.3. The Kier molecular flexibility index (Phi) is 47.8. The Morgan fingerprint density at radius 3 is 1.26 bits per heavy atom. The van der Waals surface area contributed by atoms with Gasteiger partial charge < -0.3 is 19.8 Å². The molecule has 1 amide bonds. The summed E-state index contributed by atoms with van der Waals surface area (Å²) >= 11 is 0. The summed E-state index contributed by atoms with van der Waals surface area (Å²) in [6, 6.07) is -0.761. The summed E-state index contributed by atoms with van der Waals surface area (Å²) < 4.78 is 23.8. The monoisotopic (exact) mass is 952 g/mol. The zero-order chi connectivity index (χ0) is 48.5. The Balaban J connectivity index is 4.15. The van der Waals surface area contributed by atoms with Gasteiger partial charge in [0, 0.05) is 6.42 Å². The van der Waals surface area contributed by atoms with E-state index in [0.717, 1.165) is 51.4 Å². The van der Waals surface area contributed by atoms with E-state index in [0.29, 0.717) is 23.9 Å². The average molecular weight is 953 g/mol. The predicted octanol–water partition coefficient (Wildman–Crippen LogP) is 17.0. The van der Waals surface area contributed by atoms with E-state index in [2.05, 4.69) is 55.6 Å². The number of likely N-dealkylation sites (N-methyl/N-ethyl adjacent to an activating group) is 1. The number of amides is 1. The first-order chi connectivity index (χ1) is 32.0. The normalized spacial score (nSPS) is 14.2. The van der Waals surface area contributed by atoms with Crippen molar-refractivity contribution in [3.63, 3.8) is 0 Å². The van der Waals surface area contributed by atoms with E-state index in [-0.39, 0.29) is 19.1 Å². The molecule has 0 bridgehead atoms. The van der Waals surface area contributed by atoms with E-state index in [1.165, 1.54) is 193 Å². The number of carbonyl (C=O) groups excluding carboxylic acids is 1. The predicted molar refractivity (Wildman–Crippen MR) is 286 cm³/mol. The summed E-state index contributed by atoms with van der Waals surface area (Å²) in [5.74, 6) is -0.144. The van der Waals surface area contributed by atoms with Crippen molar-refractivity contribution >= 4 is 13.7 Å². The number of rotatable bonds is 52. The SMILES string of the molecule is CCCCCCC/C=C\C/C=C\C/C=C\CCCCCCCCCCCCCCC(=O)NC(COP(=O)(O)OCC[N+](C)(C)C)C(O)CCCCCCCCCCCCCCCCCCC. The molecule has 0 heterocycles. The van der Waals surface area contributed by atoms with Crippen LogP contribution < -0.4 is 5.32 Å². The van der Waals surface area contributed by atoms with Gasteiger partial charge in [-0.05, 0) is 51.4 Å². The number of quaternary nitrogens is 1. The van der Waals surface area contributed by atoms with Crippen LogP contribution in [0.4, 0.5) is 0 Å². The van der Waals surface area contributed by atoms with Gasteiger partial charge in [-0.3, -0.25) is 13.8 Å². The Morgan fingerprint density at radius 2 is 0.864 bits per heavy atom. The molecule has 3 unspecified atom stereocenters. The van der Waals surface area contributed by atoms with Crippen molar-refractivity contribution in [2.24, 2.45) is 0 Å². The molecule has 0 rings (SSSR count). The number of phosphoric ester groups is 1. The summed E-state index contributed by atoms with van der Waals surface area (Å²) in [6.07, 6.45) is 61.9. The molecule has 0 spiro atoms. The molecule has 0 aliphatic rings. The Bertz CT molecular complexity index is 1170. The van der Waals surface area contributed by atoms with Gasteiger partial charge in [0.15, 0.2) is 0 Å². The highest BCUT2D eigenvalue weighted by Crippen LogP contribution is 2.43. The van der Waals surface area contributed by atoms with Crippen molar-refractivity contribution < 1.29 is 32.9 Å². The van der Waals surface area contributed by atoms with E-state index < -0.39 is 20.0 Å². The molecule has 0 aliphatic heterocycles. The van der Waals surface area contributed by atoms with Crippen LogP contribution in [-0.2, 0) is 18.4 Å². The molecular formula is C57H112N2O6P+. The molecule has 390 valence electrons. The number of nitrogens with zero attached hydrogens (tertiary/aromatic N) is 1. The smallest absolute Gasteiger partial charge is 0.391 e. The van der Waals surface area contributed by atoms with Gasteiger partial charge in [-0.15, -0.1) is 0 Å². The average Bonchev–Trinajstić information content (AvgIpc) is 3.28. The van der Waals surface area contributed by atoms with E-state index in [4.69, 9.17) is 9.05 Å². The number of unbranched alkanes of at least 4 members (excludes halogenated alkanes) is 33. The van der Waals surface area contributed by atoms with Crippen LogP contribution in [0.3, 0.4) is 0 Å². The highest BCUT2D eigenvalue weighted by Gasteiger charge is 2.28. The first kappa shape index (κ1) is 64.7. The van der Waals surface area contributed by atoms with Crippen LogP contribution in [0.25, 0.3) is 0 Å². The number of carbonyl (C=O) groups is 1. The maximum Gasteiger partial charge on any atom is 0.472 e. The number of aliphatic hydroxyl groups excluding tert-OH is 1. The lowest BCUT2D eigenvalue weighted by molar-refractivity contribution is -0.870. The fourth-order valence-electron chi connectivity index (χ4n) is 8.41. The largest absolute Gasteiger partial charge is 0.472 e. The van der Waals surface area contributed by atoms with Gasteiger partial charge in [0.2, 0.25) is 5.91 Å². The number of aliphatic hydroxyl groups is 1. The van der Waals surface area contributed by atoms with Crippen LogP contribution in [0.1, 0.15) is 271 Å². The topological polar surface area (TPSA) is 105 Å². The summed E-state index contributed by atoms with van der Waals surface area (Å²) in [6.45, 7) is 4.90. The van der Waals surface area contributed by atoms with Crippen molar-refractivity contribution in [1.82, 2.24) is 5.32 Å². The van der Waals surface area contributed by atoms with Gasteiger partial charge >= 0.3 is 7.82 Å². The van der Waals surface area contributed by atoms with E-state index in [1.54, 1.807) is 0 Å². The molecule has 0 aromatic carbocycles. The summed E-state index contributed by atoms with van der Waals surface area (Å²) in [7, 11) is 1.62. The first-order valence-electron chi connectivity index (χ1n) is 28.4. The number of hydrogen-bond donors (Lipinski definition) is 3. The highest BCUT2D eigenvalue weighted by atomic mass is 31.2. The first-order valence-corrected chi connectivity index (χ1v) is 29.8. The van der Waals surface area contributed by atoms with Crippen molar-refractivity contribution in [2.45, 2.75) is 283 Å². The third-order valence-electron chi connectivity index (χ3n) is 12.9. The van der Waals surface area contributed by atoms with E-state index in [9.17, 15) is 19.4 Å². The van der Waals surface area contributed by atoms with Crippen molar-refractivity contribution in [1.29, 1.82) is 0 Å². The van der Waals surface area contributed by atoms with Crippen LogP contribution >= 0.6 is 7.82 Å². The maximum absolute atomic E-state index is 13.0. The second-order valence-electron chi connectivity index (χ2n) is 20.7. The molecule has 0 saturated heterocycles. The number of phosphoric acid groups is 1. The van der Waals surface area contributed by atoms with Crippen molar-refractivity contribution in [3.05, 3.63) is 36.5 Å². The van der Waals surface area contributed by atoms with Gasteiger partial charge in [0.25, 0.3) is 0 Å². The second-order valence-corrected chi connectivity index (χ2v) is 22.1. The molecule has 3 atom stereocenters. The van der Waals surface area contributed by atoms with Gasteiger partial charge in [0.05, 0.1) is 39.9 Å². The minimum atomic E-state index is -4.32. The third kappa shape index (κ3) is 50.6. The van der Waals surface area contributed by atoms with Gasteiger partial charge in [-0.1, -0.05) is 249 Å². The molecular weight excluding hydrogens is 840 g/mol. The minimum Gasteiger partial charge on any atom is -0.391 e. The summed E-state index contributed by atoms with van der Waals surface area (Å²) in [5, 5.41) is 14.1. The number of hydrogen-bond acceptors (Lipinski definition) is 5. The fourth-order valence-corrected chi connectivity index (χ4v) is 9.14. The molecule has 8 nitrogen and oxygen atoms in total. The van der Waals surface area contributed by atoms with Crippen LogP contribution in [-0.4, -0.2) is 73.4 Å². The molecule has 0 fully saturated rings. The Morgan fingerprint density at radius 1 is 0.515 bits per heavy atom. The fraction of sp³-hybridized carbons (Fsp3) is 0.877. The molecule has 66 heavy (non-hydrogen) atoms. The van der Waals surface area contributed by atoms with Gasteiger partial charge in [0.1, 0.15) is 13.2 Å². The standard InChI is InChI=1S/C57H111N2O6P/c1-6-8-10-12-14-16-18-20-22-24-25-26-27-28-29-30-31-32-33-35-37-39-41-43-45-47-49-51-57(61)58-55(54-65-66(62,63)64-53-52-59(3,4)5)56(60)50-48-46-44-42-40-38-36-34-23-21-19-17-15-13-11-9-7-2/h18,20,24-25,27-28,55-56,60H,6-17,19,21-23,26,29-54H2,1-5H3,(H-,58,61,62,63)/p+1/b20-18-,25-24-,28-27-. The van der Waals surface area contributed by atoms with E-state index in [1.807, 2.05) is 21.1 Å². The van der Waals surface area contributed by atoms with Crippen LogP contribution in [0, 0.1) is 0 Å². The van der Waals surface area contributed by atoms with Crippen LogP contribution in [0.2, 0.25) is 0 Å². The molecule has 0 aromatic rings. The van der Waals surface area contributed by atoms with Crippen LogP contribution in [0.15, 0.2) is 36.5 Å². The lowest BCUT2D eigenvalue weighted by atomic mass is 10.0. The molecule has 0 radical (unpaired) electrons. The zero-order valence-corrected chi connectivity index (χ0v) is 45.3. The number of allylic oxidation sites excluding steroid dienone is 6.